The van der Waals surface area contributed by atoms with Crippen LogP contribution in [-0.4, -0.2) is 29.6 Å². The van der Waals surface area contributed by atoms with Gasteiger partial charge in [0.05, 0.1) is 24.3 Å². The van der Waals surface area contributed by atoms with E-state index in [9.17, 15) is 0 Å². The molecule has 1 aliphatic rings. The van der Waals surface area contributed by atoms with Crippen molar-refractivity contribution in [2.24, 2.45) is 0 Å². The number of nitrogens with zero attached hydrogens (tertiary/aromatic N) is 3. The molecule has 0 radical (unpaired) electrons. The van der Waals surface area contributed by atoms with Crippen LogP contribution in [0.5, 0.6) is 0 Å². The van der Waals surface area contributed by atoms with Crippen molar-refractivity contribution in [3.63, 3.8) is 0 Å². The highest BCUT2D eigenvalue weighted by Gasteiger charge is 2.22. The highest BCUT2D eigenvalue weighted by Crippen LogP contribution is 2.24. The predicted molar refractivity (Wildman–Crippen MR) is 83.8 cm³/mol. The van der Waals surface area contributed by atoms with E-state index in [0.717, 1.165) is 30.8 Å². The zero-order valence-electron chi connectivity index (χ0n) is 12.3. The summed E-state index contributed by atoms with van der Waals surface area (Å²) in [5.74, 6) is 0.539. The van der Waals surface area contributed by atoms with Crippen LogP contribution in [-0.2, 0) is 11.3 Å². The Hall–Kier alpha value is -2.42. The number of nitrogen functional groups attached to an aromatic ring is 1. The van der Waals surface area contributed by atoms with Gasteiger partial charge in [0.1, 0.15) is 5.82 Å². The first kappa shape index (κ1) is 14.5. The van der Waals surface area contributed by atoms with Crippen LogP contribution in [0.4, 0.5) is 5.82 Å². The van der Waals surface area contributed by atoms with Crippen molar-refractivity contribution in [1.82, 2.24) is 9.88 Å². The van der Waals surface area contributed by atoms with Crippen LogP contribution in [0.2, 0.25) is 0 Å². The summed E-state index contributed by atoms with van der Waals surface area (Å²) in [6.45, 7) is 3.20. The molecule has 0 bridgehead atoms. The molecule has 3 rings (SSSR count). The topological polar surface area (TPSA) is 75.2 Å². The van der Waals surface area contributed by atoms with E-state index >= 15 is 0 Å². The first-order chi connectivity index (χ1) is 10.7. The summed E-state index contributed by atoms with van der Waals surface area (Å²) < 4.78 is 5.86. The lowest BCUT2D eigenvalue weighted by Crippen LogP contribution is -2.37. The fourth-order valence-electron chi connectivity index (χ4n) is 2.64. The minimum Gasteiger partial charge on any atom is -0.384 e. The van der Waals surface area contributed by atoms with Gasteiger partial charge in [0.25, 0.3) is 0 Å². The first-order valence-electron chi connectivity index (χ1n) is 7.29. The molecule has 2 aromatic rings. The number of hydrogen-bond acceptors (Lipinski definition) is 5. The molecule has 0 amide bonds. The van der Waals surface area contributed by atoms with Crippen LogP contribution in [0.25, 0.3) is 0 Å². The minimum absolute atomic E-state index is 0.00351. The zero-order valence-corrected chi connectivity index (χ0v) is 12.3. The molecule has 22 heavy (non-hydrogen) atoms. The molecule has 1 unspecified atom stereocenters. The van der Waals surface area contributed by atoms with Crippen LogP contribution in [0.1, 0.15) is 22.8 Å². The lowest BCUT2D eigenvalue weighted by molar-refractivity contribution is -0.0329. The quantitative estimate of drug-likeness (QED) is 0.938. The molecule has 5 nitrogen and oxygen atoms in total. The Labute approximate surface area is 129 Å². The van der Waals surface area contributed by atoms with Crippen LogP contribution in [0, 0.1) is 11.3 Å². The standard InChI is InChI=1S/C17H18N4O/c18-9-13-2-1-3-15(8-13)16-12-21(6-7-22-16)11-14-4-5-17(19)20-10-14/h1-5,8,10,16H,6-7,11-12H2,(H2,19,20). The van der Waals surface area contributed by atoms with E-state index in [4.69, 9.17) is 15.7 Å². The van der Waals surface area contributed by atoms with E-state index in [1.165, 1.54) is 0 Å². The highest BCUT2D eigenvalue weighted by molar-refractivity contribution is 5.34. The molecule has 1 aliphatic heterocycles. The molecule has 0 aliphatic carbocycles. The van der Waals surface area contributed by atoms with Gasteiger partial charge in [-0.1, -0.05) is 18.2 Å². The number of anilines is 1. The van der Waals surface area contributed by atoms with Crippen LogP contribution in [0.15, 0.2) is 42.6 Å². The average molecular weight is 294 g/mol. The first-order valence-corrected chi connectivity index (χ1v) is 7.29. The summed E-state index contributed by atoms with van der Waals surface area (Å²) in [5, 5.41) is 9.01. The maximum absolute atomic E-state index is 9.01. The molecular weight excluding hydrogens is 276 g/mol. The van der Waals surface area contributed by atoms with Gasteiger partial charge >= 0.3 is 0 Å². The Morgan fingerprint density at radius 3 is 3.05 bits per heavy atom. The Bertz CT molecular complexity index is 678. The van der Waals surface area contributed by atoms with E-state index in [1.54, 1.807) is 0 Å². The molecule has 2 heterocycles. The van der Waals surface area contributed by atoms with Crippen LogP contribution < -0.4 is 5.73 Å². The van der Waals surface area contributed by atoms with Gasteiger partial charge in [-0.25, -0.2) is 4.98 Å². The van der Waals surface area contributed by atoms with Gasteiger partial charge in [0, 0.05) is 25.8 Å². The van der Waals surface area contributed by atoms with Gasteiger partial charge in [0.15, 0.2) is 0 Å². The molecule has 1 fully saturated rings. The van der Waals surface area contributed by atoms with E-state index in [-0.39, 0.29) is 6.10 Å². The van der Waals surface area contributed by atoms with Gasteiger partial charge in [0.2, 0.25) is 0 Å². The summed E-state index contributed by atoms with van der Waals surface area (Å²) >= 11 is 0. The number of rotatable bonds is 3. The molecule has 0 saturated carbocycles. The number of aromatic nitrogens is 1. The lowest BCUT2D eigenvalue weighted by Gasteiger charge is -2.33. The third-order valence-electron chi connectivity index (χ3n) is 3.79. The Morgan fingerprint density at radius 1 is 1.36 bits per heavy atom. The average Bonchev–Trinajstić information content (AvgIpc) is 2.57. The van der Waals surface area contributed by atoms with Crippen molar-refractivity contribution in [3.8, 4) is 6.07 Å². The van der Waals surface area contributed by atoms with E-state index < -0.39 is 0 Å². The van der Waals surface area contributed by atoms with Crippen LogP contribution >= 0.6 is 0 Å². The van der Waals surface area contributed by atoms with Gasteiger partial charge < -0.3 is 10.5 Å². The van der Waals surface area contributed by atoms with Crippen molar-refractivity contribution in [3.05, 3.63) is 59.3 Å². The highest BCUT2D eigenvalue weighted by atomic mass is 16.5. The monoisotopic (exact) mass is 294 g/mol. The van der Waals surface area contributed by atoms with Crippen molar-refractivity contribution >= 4 is 5.82 Å². The van der Waals surface area contributed by atoms with Gasteiger partial charge in [-0.15, -0.1) is 0 Å². The number of hydrogen-bond donors (Lipinski definition) is 1. The van der Waals surface area contributed by atoms with E-state index in [1.807, 2.05) is 42.6 Å². The van der Waals surface area contributed by atoms with Crippen molar-refractivity contribution < 1.29 is 4.74 Å². The molecule has 1 saturated heterocycles. The third-order valence-corrected chi connectivity index (χ3v) is 3.79. The molecule has 2 N–H and O–H groups in total. The second kappa shape index (κ2) is 6.56. The SMILES string of the molecule is N#Cc1cccc(C2CN(Cc3ccc(N)nc3)CCO2)c1. The van der Waals surface area contributed by atoms with Crippen molar-refractivity contribution in [2.75, 3.05) is 25.4 Å². The molecule has 1 aromatic heterocycles. The number of ether oxygens (including phenoxy) is 1. The second-order valence-corrected chi connectivity index (χ2v) is 5.42. The maximum Gasteiger partial charge on any atom is 0.123 e. The maximum atomic E-state index is 9.01. The molecule has 1 aromatic carbocycles. The largest absolute Gasteiger partial charge is 0.384 e. The fourth-order valence-corrected chi connectivity index (χ4v) is 2.64. The number of morpholine rings is 1. The van der Waals surface area contributed by atoms with Crippen molar-refractivity contribution in [2.45, 2.75) is 12.6 Å². The summed E-state index contributed by atoms with van der Waals surface area (Å²) in [4.78, 5) is 6.46. The molecule has 1 atom stereocenters. The van der Waals surface area contributed by atoms with Crippen molar-refractivity contribution in [1.29, 1.82) is 5.26 Å². The Morgan fingerprint density at radius 2 is 2.27 bits per heavy atom. The lowest BCUT2D eigenvalue weighted by atomic mass is 10.0. The molecule has 5 heteroatoms. The zero-order chi connectivity index (χ0) is 15.4. The molecular formula is C17H18N4O. The van der Waals surface area contributed by atoms with E-state index in [2.05, 4.69) is 16.0 Å². The van der Waals surface area contributed by atoms with Gasteiger partial charge in [-0.05, 0) is 29.3 Å². The number of nitriles is 1. The van der Waals surface area contributed by atoms with Gasteiger partial charge in [-0.3, -0.25) is 4.90 Å². The summed E-state index contributed by atoms with van der Waals surface area (Å²) in [7, 11) is 0. The minimum atomic E-state index is 0.00351. The fraction of sp³-hybridized carbons (Fsp3) is 0.294. The second-order valence-electron chi connectivity index (χ2n) is 5.42. The van der Waals surface area contributed by atoms with Crippen LogP contribution in [0.3, 0.4) is 0 Å². The molecule has 112 valence electrons. The Balaban J connectivity index is 1.68. The summed E-state index contributed by atoms with van der Waals surface area (Å²) in [6, 6.07) is 13.6. The normalized spacial score (nSPS) is 18.8. The molecule has 0 spiro atoms. The number of benzene rings is 1. The Kier molecular flexibility index (Phi) is 4.33. The summed E-state index contributed by atoms with van der Waals surface area (Å²) in [6.07, 6.45) is 1.82. The summed E-state index contributed by atoms with van der Waals surface area (Å²) in [5.41, 5.74) is 8.48. The van der Waals surface area contributed by atoms with E-state index in [0.29, 0.717) is 18.0 Å². The van der Waals surface area contributed by atoms with Gasteiger partial charge in [-0.2, -0.15) is 5.26 Å². The third kappa shape index (κ3) is 3.42. The number of nitrogens with two attached hydrogens (primary N) is 1. The smallest absolute Gasteiger partial charge is 0.123 e. The number of pyridine rings is 1. The predicted octanol–water partition coefficient (Wildman–Crippen LogP) is 2.11.